The van der Waals surface area contributed by atoms with E-state index in [-0.39, 0.29) is 0 Å². The van der Waals surface area contributed by atoms with Gasteiger partial charge in [0.1, 0.15) is 11.5 Å². The Bertz CT molecular complexity index is 555. The minimum absolute atomic E-state index is 0.738. The van der Waals surface area contributed by atoms with E-state index in [1.165, 1.54) is 0 Å². The third-order valence-corrected chi connectivity index (χ3v) is 2.86. The van der Waals surface area contributed by atoms with Crippen molar-refractivity contribution in [1.82, 2.24) is 4.98 Å². The molecule has 20 heavy (non-hydrogen) atoms. The van der Waals surface area contributed by atoms with Crippen molar-refractivity contribution in [3.8, 4) is 11.5 Å². The molecule has 0 radical (unpaired) electrons. The number of hydrogen-bond acceptors (Lipinski definition) is 4. The Balaban J connectivity index is 2.11. The highest BCUT2D eigenvalue weighted by Crippen LogP contribution is 2.26. The van der Waals surface area contributed by atoms with Crippen LogP contribution in [-0.4, -0.2) is 25.6 Å². The Morgan fingerprint density at radius 2 is 2.00 bits per heavy atom. The van der Waals surface area contributed by atoms with Crippen molar-refractivity contribution in [1.29, 1.82) is 0 Å². The van der Waals surface area contributed by atoms with Gasteiger partial charge in [0.2, 0.25) is 0 Å². The van der Waals surface area contributed by atoms with Gasteiger partial charge < -0.3 is 15.0 Å². The quantitative estimate of drug-likeness (QED) is 0.868. The van der Waals surface area contributed by atoms with Crippen LogP contribution in [0.1, 0.15) is 13.3 Å². The Morgan fingerprint density at radius 3 is 2.75 bits per heavy atom. The number of anilines is 2. The maximum Gasteiger partial charge on any atom is 0.147 e. The van der Waals surface area contributed by atoms with E-state index in [1.807, 2.05) is 49.3 Å². The van der Waals surface area contributed by atoms with E-state index in [1.54, 1.807) is 12.4 Å². The largest absolute Gasteiger partial charge is 0.456 e. The van der Waals surface area contributed by atoms with Crippen LogP contribution in [0.25, 0.3) is 0 Å². The van der Waals surface area contributed by atoms with E-state index in [9.17, 15) is 0 Å². The summed E-state index contributed by atoms with van der Waals surface area (Å²) in [4.78, 5) is 6.24. The fourth-order valence-corrected chi connectivity index (χ4v) is 1.80. The average molecular weight is 271 g/mol. The molecule has 0 aliphatic rings. The number of nitrogens with one attached hydrogen (secondary N) is 1. The zero-order valence-corrected chi connectivity index (χ0v) is 12.3. The number of ether oxygens (including phenoxy) is 1. The van der Waals surface area contributed by atoms with Crippen LogP contribution in [0.5, 0.6) is 11.5 Å². The van der Waals surface area contributed by atoms with Gasteiger partial charge in [-0.3, -0.25) is 4.98 Å². The molecule has 4 nitrogen and oxygen atoms in total. The molecule has 0 atom stereocenters. The maximum atomic E-state index is 5.86. The normalized spacial score (nSPS) is 10.2. The van der Waals surface area contributed by atoms with Crippen molar-refractivity contribution in [2.45, 2.75) is 13.3 Å². The smallest absolute Gasteiger partial charge is 0.147 e. The molecule has 1 heterocycles. The van der Waals surface area contributed by atoms with Crippen molar-refractivity contribution in [2.75, 3.05) is 30.9 Å². The van der Waals surface area contributed by atoms with E-state index in [2.05, 4.69) is 17.2 Å². The lowest BCUT2D eigenvalue weighted by Crippen LogP contribution is -2.08. The summed E-state index contributed by atoms with van der Waals surface area (Å²) in [5.74, 6) is 1.55. The van der Waals surface area contributed by atoms with Gasteiger partial charge in [-0.25, -0.2) is 0 Å². The first-order valence-corrected chi connectivity index (χ1v) is 6.83. The van der Waals surface area contributed by atoms with Crippen LogP contribution < -0.4 is 15.0 Å². The fraction of sp³-hybridized carbons (Fsp3) is 0.312. The molecule has 0 unspecified atom stereocenters. The molecule has 0 aliphatic heterocycles. The minimum atomic E-state index is 0.738. The Labute approximate surface area is 120 Å². The third kappa shape index (κ3) is 3.88. The third-order valence-electron chi connectivity index (χ3n) is 2.86. The molecule has 0 saturated carbocycles. The summed E-state index contributed by atoms with van der Waals surface area (Å²) in [6.45, 7) is 3.06. The van der Waals surface area contributed by atoms with Gasteiger partial charge in [0.05, 0.1) is 18.1 Å². The lowest BCUT2D eigenvalue weighted by Gasteiger charge is -2.14. The van der Waals surface area contributed by atoms with Crippen LogP contribution >= 0.6 is 0 Å². The van der Waals surface area contributed by atoms with Gasteiger partial charge in [-0.2, -0.15) is 0 Å². The molecule has 4 heteroatoms. The van der Waals surface area contributed by atoms with Crippen molar-refractivity contribution >= 4 is 11.4 Å². The molecule has 106 valence electrons. The van der Waals surface area contributed by atoms with E-state index in [0.717, 1.165) is 35.8 Å². The summed E-state index contributed by atoms with van der Waals surface area (Å²) in [6.07, 6.45) is 4.61. The first kappa shape index (κ1) is 14.2. The minimum Gasteiger partial charge on any atom is -0.456 e. The maximum absolute atomic E-state index is 5.86. The molecular weight excluding hydrogens is 250 g/mol. The molecule has 0 fully saturated rings. The molecule has 2 rings (SSSR count). The van der Waals surface area contributed by atoms with Gasteiger partial charge in [0.15, 0.2) is 0 Å². The number of benzene rings is 1. The number of hydrogen-bond donors (Lipinski definition) is 1. The van der Waals surface area contributed by atoms with Crippen LogP contribution in [0, 0.1) is 0 Å². The van der Waals surface area contributed by atoms with Crippen molar-refractivity contribution in [3.63, 3.8) is 0 Å². The van der Waals surface area contributed by atoms with Crippen LogP contribution in [-0.2, 0) is 0 Å². The van der Waals surface area contributed by atoms with Gasteiger partial charge in [-0.1, -0.05) is 13.0 Å². The van der Waals surface area contributed by atoms with E-state index < -0.39 is 0 Å². The molecule has 0 amide bonds. The summed E-state index contributed by atoms with van der Waals surface area (Å²) in [5, 5.41) is 3.30. The van der Waals surface area contributed by atoms with Crippen molar-refractivity contribution in [2.24, 2.45) is 0 Å². The highest BCUT2D eigenvalue weighted by atomic mass is 16.5. The SMILES string of the molecule is CCCNc1cncc(Oc2cccc(N(C)C)c2)c1. The van der Waals surface area contributed by atoms with Gasteiger partial charge in [-0.05, 0) is 18.6 Å². The second-order valence-corrected chi connectivity index (χ2v) is 4.83. The van der Waals surface area contributed by atoms with E-state index >= 15 is 0 Å². The first-order chi connectivity index (χ1) is 9.69. The molecular formula is C16H21N3O. The lowest BCUT2D eigenvalue weighted by molar-refractivity contribution is 0.480. The highest BCUT2D eigenvalue weighted by molar-refractivity contribution is 5.51. The van der Waals surface area contributed by atoms with Crippen molar-refractivity contribution in [3.05, 3.63) is 42.7 Å². The highest BCUT2D eigenvalue weighted by Gasteiger charge is 2.02. The molecule has 0 bridgehead atoms. The molecule has 1 aromatic carbocycles. The van der Waals surface area contributed by atoms with E-state index in [0.29, 0.717) is 0 Å². The second-order valence-electron chi connectivity index (χ2n) is 4.83. The second kappa shape index (κ2) is 6.80. The van der Waals surface area contributed by atoms with Crippen LogP contribution in [0.15, 0.2) is 42.7 Å². The number of rotatable bonds is 6. The zero-order chi connectivity index (χ0) is 14.4. The molecule has 1 N–H and O–H groups in total. The van der Waals surface area contributed by atoms with E-state index in [4.69, 9.17) is 4.74 Å². The fourth-order valence-electron chi connectivity index (χ4n) is 1.80. The number of aromatic nitrogens is 1. The predicted octanol–water partition coefficient (Wildman–Crippen LogP) is 3.76. The molecule has 0 aliphatic carbocycles. The van der Waals surface area contributed by atoms with Gasteiger partial charge in [0, 0.05) is 38.5 Å². The number of nitrogens with zero attached hydrogens (tertiary/aromatic N) is 2. The zero-order valence-electron chi connectivity index (χ0n) is 12.3. The molecule has 0 spiro atoms. The van der Waals surface area contributed by atoms with Crippen LogP contribution in [0.4, 0.5) is 11.4 Å². The standard InChI is InChI=1S/C16H21N3O/c1-4-8-18-13-9-16(12-17-11-13)20-15-7-5-6-14(10-15)19(2)3/h5-7,9-12,18H,4,8H2,1-3H3. The lowest BCUT2D eigenvalue weighted by atomic mass is 10.3. The summed E-state index contributed by atoms with van der Waals surface area (Å²) in [7, 11) is 4.02. The summed E-state index contributed by atoms with van der Waals surface area (Å²) >= 11 is 0. The van der Waals surface area contributed by atoms with Crippen LogP contribution in [0.3, 0.4) is 0 Å². The Hall–Kier alpha value is -2.23. The molecule has 0 saturated heterocycles. The monoisotopic (exact) mass is 271 g/mol. The summed E-state index contributed by atoms with van der Waals surface area (Å²) < 4.78 is 5.86. The van der Waals surface area contributed by atoms with Crippen molar-refractivity contribution < 1.29 is 4.74 Å². The Kier molecular flexibility index (Phi) is 4.82. The molecule has 1 aromatic heterocycles. The van der Waals surface area contributed by atoms with Crippen LogP contribution in [0.2, 0.25) is 0 Å². The van der Waals surface area contributed by atoms with Gasteiger partial charge in [0.25, 0.3) is 0 Å². The summed E-state index contributed by atoms with van der Waals surface area (Å²) in [6, 6.07) is 9.94. The van der Waals surface area contributed by atoms with Gasteiger partial charge >= 0.3 is 0 Å². The Morgan fingerprint density at radius 1 is 1.15 bits per heavy atom. The predicted molar refractivity (Wildman–Crippen MR) is 83.9 cm³/mol. The average Bonchev–Trinajstić information content (AvgIpc) is 2.46. The number of pyridine rings is 1. The molecule has 2 aromatic rings. The summed E-state index contributed by atoms with van der Waals surface area (Å²) in [5.41, 5.74) is 2.09. The first-order valence-electron chi connectivity index (χ1n) is 6.83. The van der Waals surface area contributed by atoms with Gasteiger partial charge in [-0.15, -0.1) is 0 Å². The topological polar surface area (TPSA) is 37.4 Å².